The van der Waals surface area contributed by atoms with Crippen molar-refractivity contribution in [1.29, 1.82) is 0 Å². The predicted molar refractivity (Wildman–Crippen MR) is 177 cm³/mol. The molecule has 1 aromatic heterocycles. The van der Waals surface area contributed by atoms with E-state index in [0.717, 1.165) is 0 Å². The van der Waals surface area contributed by atoms with E-state index < -0.39 is 66.0 Å². The van der Waals surface area contributed by atoms with Gasteiger partial charge in [0.1, 0.15) is 36.8 Å². The van der Waals surface area contributed by atoms with Crippen molar-refractivity contribution in [1.82, 2.24) is 9.55 Å². The Balaban J connectivity index is 1.97. The number of Topliss-reactive ketones (excluding diaryl/α,β-unsaturated/α-hetero) is 1. The number of carbonyl (C=O) groups is 2. The Morgan fingerprint density at radius 1 is 0.913 bits per heavy atom. The van der Waals surface area contributed by atoms with Crippen molar-refractivity contribution in [2.24, 2.45) is 0 Å². The Labute approximate surface area is 273 Å². The Kier molecular flexibility index (Phi) is 11.4. The number of hydrogen-bond acceptors (Lipinski definition) is 11. The topological polar surface area (TPSA) is 150 Å². The molecule has 0 aliphatic carbocycles. The van der Waals surface area contributed by atoms with Gasteiger partial charge in [0.2, 0.25) is 0 Å². The molecule has 3 heterocycles. The van der Waals surface area contributed by atoms with Crippen molar-refractivity contribution >= 4 is 34.7 Å². The maximum absolute atomic E-state index is 14.5. The van der Waals surface area contributed by atoms with Crippen molar-refractivity contribution in [3.63, 3.8) is 0 Å². The van der Waals surface area contributed by atoms with Crippen molar-refractivity contribution in [3.8, 4) is 0 Å². The summed E-state index contributed by atoms with van der Waals surface area (Å²) in [5.74, 6) is -0.864. The summed E-state index contributed by atoms with van der Waals surface area (Å²) >= 11 is 0. The van der Waals surface area contributed by atoms with Crippen LogP contribution in [0.4, 0.5) is 5.82 Å². The lowest BCUT2D eigenvalue weighted by Gasteiger charge is -2.53. The van der Waals surface area contributed by atoms with Gasteiger partial charge in [-0.25, -0.2) is 9.59 Å². The lowest BCUT2D eigenvalue weighted by Crippen LogP contribution is -2.68. The molecular weight excluding hydrogens is 627 g/mol. The Morgan fingerprint density at radius 3 is 2.04 bits per heavy atom. The van der Waals surface area contributed by atoms with Gasteiger partial charge in [-0.1, -0.05) is 85.7 Å². The molecule has 14 heteroatoms. The number of anilines is 1. The van der Waals surface area contributed by atoms with Crippen molar-refractivity contribution < 1.29 is 36.8 Å². The first-order chi connectivity index (χ1) is 21.7. The van der Waals surface area contributed by atoms with E-state index >= 15 is 0 Å². The third kappa shape index (κ3) is 6.93. The fourth-order valence-corrected chi connectivity index (χ4v) is 17.8. The van der Waals surface area contributed by atoms with Gasteiger partial charge in [-0.15, -0.1) is 0 Å². The van der Waals surface area contributed by atoms with Crippen molar-refractivity contribution in [2.75, 3.05) is 18.9 Å². The van der Waals surface area contributed by atoms with Gasteiger partial charge in [-0.3, -0.25) is 9.36 Å². The van der Waals surface area contributed by atoms with Gasteiger partial charge in [0, 0.05) is 11.8 Å². The van der Waals surface area contributed by atoms with Gasteiger partial charge in [0.05, 0.1) is 6.61 Å². The number of carbonyl (C=O) groups excluding carboxylic acids is 2. The average molecular weight is 676 g/mol. The molecule has 0 bridgehead atoms. The zero-order valence-corrected chi connectivity index (χ0v) is 30.3. The second-order valence-corrected chi connectivity index (χ2v) is 21.9. The third-order valence-corrected chi connectivity index (χ3v) is 19.1. The van der Waals surface area contributed by atoms with Crippen LogP contribution in [0.1, 0.15) is 78.9 Å². The van der Waals surface area contributed by atoms with Crippen LogP contribution in [0.25, 0.3) is 0 Å². The first kappa shape index (κ1) is 36.1. The quantitative estimate of drug-likeness (QED) is 0.197. The number of aromatic nitrogens is 2. The standard InChI is InChI=1S/C32H49N3O9Si2/c1-10-39-25(36)18-40-30-29-28(41-31(30)35-17-16-24(33)34-32(35)38)27(26(37)23-14-12-11-13-15-23)42-45(19(2)3,20(4)5)44-46(43-29,21(6)7)22(8)9/h11-17,19-22,27-31H,10,18H2,1-9H3,(H2,33,34,38)/t27?,28-,29-,30-,31-/m1/s1. The van der Waals surface area contributed by atoms with E-state index in [1.165, 1.54) is 16.8 Å². The number of benzene rings is 1. The summed E-state index contributed by atoms with van der Waals surface area (Å²) in [6, 6.07) is 10.3. The fourth-order valence-electron chi connectivity index (χ4n) is 6.52. The van der Waals surface area contributed by atoms with Crippen LogP contribution < -0.4 is 11.4 Å². The van der Waals surface area contributed by atoms with E-state index in [0.29, 0.717) is 5.56 Å². The van der Waals surface area contributed by atoms with E-state index in [4.69, 9.17) is 32.9 Å². The van der Waals surface area contributed by atoms with E-state index in [1.807, 2.05) is 6.07 Å². The summed E-state index contributed by atoms with van der Waals surface area (Å²) in [5, 5.41) is 0. The molecule has 0 saturated carbocycles. The molecule has 0 spiro atoms. The predicted octanol–water partition coefficient (Wildman–Crippen LogP) is 4.88. The molecule has 2 saturated heterocycles. The highest BCUT2D eigenvalue weighted by molar-refractivity contribution is 6.84. The molecule has 12 nitrogen and oxygen atoms in total. The summed E-state index contributed by atoms with van der Waals surface area (Å²) < 4.78 is 41.2. The molecule has 0 radical (unpaired) electrons. The SMILES string of the molecule is CCOC(=O)CO[C@@H]1[C@@H]2O[Si](C(C)C)(C(C)C)O[Si](C(C)C)(C(C)C)OC(C(=O)c3ccccc3)[C@H]2O[C@H]1n1ccc(N)nc1=O. The molecule has 46 heavy (non-hydrogen) atoms. The van der Waals surface area contributed by atoms with Gasteiger partial charge >= 0.3 is 28.8 Å². The minimum Gasteiger partial charge on any atom is -0.464 e. The number of fused-ring (bicyclic) bond motifs is 1. The summed E-state index contributed by atoms with van der Waals surface area (Å²) in [4.78, 5) is 44.2. The molecule has 2 fully saturated rings. The molecule has 2 N–H and O–H groups in total. The highest BCUT2D eigenvalue weighted by atomic mass is 28.5. The molecule has 254 valence electrons. The number of ether oxygens (including phenoxy) is 3. The van der Waals surface area contributed by atoms with Crippen LogP contribution in [0.2, 0.25) is 22.2 Å². The number of nitrogens with two attached hydrogens (primary N) is 1. The molecule has 4 rings (SSSR count). The Hall–Kier alpha value is -2.73. The minimum absolute atomic E-state index is 0.0371. The summed E-state index contributed by atoms with van der Waals surface area (Å²) in [5.41, 5.74) is 5.35. The molecule has 2 aliphatic heterocycles. The van der Waals surface area contributed by atoms with E-state index in [1.54, 1.807) is 31.2 Å². The highest BCUT2D eigenvalue weighted by Crippen LogP contribution is 2.50. The van der Waals surface area contributed by atoms with Crippen LogP contribution in [0.3, 0.4) is 0 Å². The number of ketones is 1. The number of esters is 1. The van der Waals surface area contributed by atoms with Gasteiger partial charge in [0.15, 0.2) is 12.0 Å². The van der Waals surface area contributed by atoms with E-state index in [2.05, 4.69) is 60.4 Å². The summed E-state index contributed by atoms with van der Waals surface area (Å²) in [6.45, 7) is 18.0. The van der Waals surface area contributed by atoms with Crippen LogP contribution in [0, 0.1) is 0 Å². The third-order valence-electron chi connectivity index (χ3n) is 8.83. The number of nitrogens with zero attached hydrogens (tertiary/aromatic N) is 2. The zero-order chi connectivity index (χ0) is 34.0. The molecule has 1 aromatic carbocycles. The van der Waals surface area contributed by atoms with Crippen LogP contribution in [0.5, 0.6) is 0 Å². The first-order valence-electron chi connectivity index (χ1n) is 16.1. The number of hydrogen-bond donors (Lipinski definition) is 1. The highest BCUT2D eigenvalue weighted by Gasteiger charge is 2.65. The monoisotopic (exact) mass is 675 g/mol. The van der Waals surface area contributed by atoms with Gasteiger partial charge in [-0.2, -0.15) is 4.98 Å². The zero-order valence-electron chi connectivity index (χ0n) is 28.3. The van der Waals surface area contributed by atoms with Crippen LogP contribution in [-0.2, 0) is 32.0 Å². The van der Waals surface area contributed by atoms with E-state index in [9.17, 15) is 14.4 Å². The van der Waals surface area contributed by atoms with Crippen LogP contribution >= 0.6 is 0 Å². The smallest absolute Gasteiger partial charge is 0.351 e. The van der Waals surface area contributed by atoms with Crippen molar-refractivity contribution in [2.45, 2.75) is 115 Å². The van der Waals surface area contributed by atoms with Crippen LogP contribution in [-0.4, -0.2) is 76.1 Å². The summed E-state index contributed by atoms with van der Waals surface area (Å²) in [7, 11) is -6.52. The number of rotatable bonds is 11. The summed E-state index contributed by atoms with van der Waals surface area (Å²) in [6.07, 6.45) is -3.91. The van der Waals surface area contributed by atoms with Crippen molar-refractivity contribution in [3.05, 3.63) is 58.6 Å². The Morgan fingerprint density at radius 2 is 1.50 bits per heavy atom. The molecule has 0 amide bonds. The molecule has 2 aromatic rings. The lowest BCUT2D eigenvalue weighted by molar-refractivity contribution is -0.155. The molecular formula is C32H49N3O9Si2. The molecule has 5 atom stereocenters. The number of nitrogen functional groups attached to an aromatic ring is 1. The fraction of sp³-hybridized carbons (Fsp3) is 0.625. The second kappa shape index (κ2) is 14.6. The van der Waals surface area contributed by atoms with Gasteiger partial charge in [0.25, 0.3) is 0 Å². The average Bonchev–Trinajstić information content (AvgIpc) is 3.32. The first-order valence-corrected chi connectivity index (χ1v) is 20.0. The lowest BCUT2D eigenvalue weighted by atomic mass is 9.98. The molecule has 1 unspecified atom stereocenters. The van der Waals surface area contributed by atoms with Gasteiger partial charge < -0.3 is 32.9 Å². The van der Waals surface area contributed by atoms with Crippen LogP contribution in [0.15, 0.2) is 47.4 Å². The maximum atomic E-state index is 14.5. The largest absolute Gasteiger partial charge is 0.464 e. The normalized spacial score (nSPS) is 25.8. The minimum atomic E-state index is -3.26. The second-order valence-electron chi connectivity index (χ2n) is 13.1. The molecule has 2 aliphatic rings. The maximum Gasteiger partial charge on any atom is 0.351 e. The Bertz CT molecular complexity index is 1400. The van der Waals surface area contributed by atoms with Gasteiger partial charge in [-0.05, 0) is 35.2 Å². The van der Waals surface area contributed by atoms with E-state index in [-0.39, 0.29) is 40.4 Å².